The van der Waals surface area contributed by atoms with Gasteiger partial charge < -0.3 is 10.6 Å². The molecule has 0 fully saturated rings. The van der Waals surface area contributed by atoms with Gasteiger partial charge in [0.05, 0.1) is 6.20 Å². The highest BCUT2D eigenvalue weighted by Gasteiger charge is 2.19. The van der Waals surface area contributed by atoms with Crippen LogP contribution in [-0.4, -0.2) is 34.2 Å². The monoisotopic (exact) mass is 266 g/mol. The molecule has 1 aromatic heterocycles. The van der Waals surface area contributed by atoms with E-state index in [2.05, 4.69) is 18.9 Å². The zero-order valence-corrected chi connectivity index (χ0v) is 12.5. The lowest BCUT2D eigenvalue weighted by Crippen LogP contribution is -2.28. The Kier molecular flexibility index (Phi) is 5.54. The average Bonchev–Trinajstić information content (AvgIpc) is 2.71. The zero-order chi connectivity index (χ0) is 14.5. The largest absolute Gasteiger partial charge is 0.341 e. The van der Waals surface area contributed by atoms with Gasteiger partial charge in [-0.3, -0.25) is 9.48 Å². The zero-order valence-electron chi connectivity index (χ0n) is 12.5. The fourth-order valence-electron chi connectivity index (χ4n) is 2.07. The second-order valence-corrected chi connectivity index (χ2v) is 5.97. The molecule has 0 aliphatic rings. The Bertz CT molecular complexity index is 411. The number of nitrogens with two attached hydrogens (primary N) is 1. The van der Waals surface area contributed by atoms with E-state index in [1.54, 1.807) is 15.8 Å². The van der Waals surface area contributed by atoms with Crippen molar-refractivity contribution < 1.29 is 4.79 Å². The van der Waals surface area contributed by atoms with E-state index < -0.39 is 0 Å². The maximum atomic E-state index is 12.1. The molecule has 5 heteroatoms. The van der Waals surface area contributed by atoms with E-state index in [1.165, 1.54) is 0 Å². The van der Waals surface area contributed by atoms with Crippen LogP contribution in [0.1, 0.15) is 38.7 Å². The molecule has 0 saturated heterocycles. The maximum Gasteiger partial charge on any atom is 0.222 e. The topological polar surface area (TPSA) is 64.2 Å². The molecular weight excluding hydrogens is 240 g/mol. The number of hydrogen-bond donors (Lipinski definition) is 1. The SMILES string of the molecule is CN(Cc1cnn(C)c1)C(=O)CCC(C)(C)CCN. The van der Waals surface area contributed by atoms with Crippen LogP contribution < -0.4 is 5.73 Å². The molecule has 0 bridgehead atoms. The number of nitrogens with zero attached hydrogens (tertiary/aromatic N) is 3. The summed E-state index contributed by atoms with van der Waals surface area (Å²) < 4.78 is 1.75. The van der Waals surface area contributed by atoms with Crippen molar-refractivity contribution >= 4 is 5.91 Å². The van der Waals surface area contributed by atoms with Crippen LogP contribution in [0.2, 0.25) is 0 Å². The number of rotatable bonds is 7. The summed E-state index contributed by atoms with van der Waals surface area (Å²) in [5, 5.41) is 4.10. The van der Waals surface area contributed by atoms with Crippen molar-refractivity contribution in [3.63, 3.8) is 0 Å². The fourth-order valence-corrected chi connectivity index (χ4v) is 2.07. The van der Waals surface area contributed by atoms with Crippen LogP contribution >= 0.6 is 0 Å². The van der Waals surface area contributed by atoms with Crippen LogP contribution in [0, 0.1) is 5.41 Å². The number of aromatic nitrogens is 2. The molecule has 19 heavy (non-hydrogen) atoms. The van der Waals surface area contributed by atoms with Crippen molar-refractivity contribution in [2.75, 3.05) is 13.6 Å². The van der Waals surface area contributed by atoms with E-state index in [0.717, 1.165) is 18.4 Å². The number of aryl methyl sites for hydroxylation is 1. The summed E-state index contributed by atoms with van der Waals surface area (Å²) in [5.41, 5.74) is 6.77. The van der Waals surface area contributed by atoms with E-state index in [1.807, 2.05) is 20.3 Å². The normalized spacial score (nSPS) is 11.6. The highest BCUT2D eigenvalue weighted by Crippen LogP contribution is 2.26. The quantitative estimate of drug-likeness (QED) is 0.814. The highest BCUT2D eigenvalue weighted by molar-refractivity contribution is 5.75. The summed E-state index contributed by atoms with van der Waals surface area (Å²) in [6, 6.07) is 0. The van der Waals surface area contributed by atoms with Crippen molar-refractivity contribution in [3.05, 3.63) is 18.0 Å². The first-order valence-electron chi connectivity index (χ1n) is 6.75. The lowest BCUT2D eigenvalue weighted by molar-refractivity contribution is -0.131. The van der Waals surface area contributed by atoms with Gasteiger partial charge in [-0.2, -0.15) is 5.10 Å². The summed E-state index contributed by atoms with van der Waals surface area (Å²) in [4.78, 5) is 13.8. The molecule has 1 amide bonds. The second-order valence-electron chi connectivity index (χ2n) is 5.97. The Labute approximate surface area is 115 Å². The average molecular weight is 266 g/mol. The third-order valence-electron chi connectivity index (χ3n) is 3.44. The molecule has 0 aliphatic heterocycles. The Hall–Kier alpha value is -1.36. The van der Waals surface area contributed by atoms with Crippen LogP contribution in [-0.2, 0) is 18.4 Å². The number of carbonyl (C=O) groups is 1. The Morgan fingerprint density at radius 2 is 2.16 bits per heavy atom. The third kappa shape index (κ3) is 5.42. The van der Waals surface area contributed by atoms with Crippen LogP contribution in [0.15, 0.2) is 12.4 Å². The first-order chi connectivity index (χ1) is 8.84. The van der Waals surface area contributed by atoms with Gasteiger partial charge in [0.15, 0.2) is 0 Å². The molecule has 0 aliphatic carbocycles. The molecule has 0 saturated carbocycles. The predicted molar refractivity (Wildman–Crippen MR) is 76.4 cm³/mol. The third-order valence-corrected chi connectivity index (χ3v) is 3.44. The molecule has 1 heterocycles. The number of amides is 1. The van der Waals surface area contributed by atoms with Crippen molar-refractivity contribution in [1.29, 1.82) is 0 Å². The fraction of sp³-hybridized carbons (Fsp3) is 0.714. The van der Waals surface area contributed by atoms with E-state index in [0.29, 0.717) is 19.5 Å². The second kappa shape index (κ2) is 6.70. The smallest absolute Gasteiger partial charge is 0.222 e. The maximum absolute atomic E-state index is 12.1. The van der Waals surface area contributed by atoms with Gasteiger partial charge in [-0.15, -0.1) is 0 Å². The molecule has 0 spiro atoms. The summed E-state index contributed by atoms with van der Waals surface area (Å²) in [6.45, 7) is 5.61. The first-order valence-corrected chi connectivity index (χ1v) is 6.75. The van der Waals surface area contributed by atoms with Crippen LogP contribution in [0.3, 0.4) is 0 Å². The van der Waals surface area contributed by atoms with Gasteiger partial charge in [0.25, 0.3) is 0 Å². The summed E-state index contributed by atoms with van der Waals surface area (Å²) in [7, 11) is 3.71. The summed E-state index contributed by atoms with van der Waals surface area (Å²) in [5.74, 6) is 0.175. The molecule has 0 atom stereocenters. The lowest BCUT2D eigenvalue weighted by Gasteiger charge is -2.25. The standard InChI is InChI=1S/C14H26N4O/c1-14(2,7-8-15)6-5-13(19)17(3)10-12-9-16-18(4)11-12/h9,11H,5-8,10,15H2,1-4H3. The van der Waals surface area contributed by atoms with E-state index in [4.69, 9.17) is 5.73 Å². The first kappa shape index (κ1) is 15.7. The number of hydrogen-bond acceptors (Lipinski definition) is 3. The van der Waals surface area contributed by atoms with Gasteiger partial charge in [-0.25, -0.2) is 0 Å². The molecule has 0 radical (unpaired) electrons. The lowest BCUT2D eigenvalue weighted by atomic mass is 9.84. The Morgan fingerprint density at radius 3 is 2.68 bits per heavy atom. The molecule has 0 unspecified atom stereocenters. The van der Waals surface area contributed by atoms with Gasteiger partial charge >= 0.3 is 0 Å². The van der Waals surface area contributed by atoms with Crippen LogP contribution in [0.4, 0.5) is 0 Å². The molecule has 1 rings (SSSR count). The van der Waals surface area contributed by atoms with Gasteiger partial charge in [-0.1, -0.05) is 13.8 Å². The Balaban J connectivity index is 2.40. The van der Waals surface area contributed by atoms with E-state index in [9.17, 15) is 4.79 Å². The van der Waals surface area contributed by atoms with Crippen LogP contribution in [0.5, 0.6) is 0 Å². The molecule has 2 N–H and O–H groups in total. The van der Waals surface area contributed by atoms with Gasteiger partial charge in [0.1, 0.15) is 0 Å². The molecule has 108 valence electrons. The van der Waals surface area contributed by atoms with Crippen molar-refractivity contribution in [2.45, 2.75) is 39.7 Å². The minimum Gasteiger partial charge on any atom is -0.341 e. The molecule has 5 nitrogen and oxygen atoms in total. The predicted octanol–water partition coefficient (Wildman–Crippen LogP) is 1.53. The van der Waals surface area contributed by atoms with Crippen LogP contribution in [0.25, 0.3) is 0 Å². The van der Waals surface area contributed by atoms with Crippen molar-refractivity contribution in [2.24, 2.45) is 18.2 Å². The van der Waals surface area contributed by atoms with E-state index in [-0.39, 0.29) is 11.3 Å². The van der Waals surface area contributed by atoms with Gasteiger partial charge in [-0.05, 0) is 24.8 Å². The number of carbonyl (C=O) groups excluding carboxylic acids is 1. The minimum absolute atomic E-state index is 0.138. The van der Waals surface area contributed by atoms with E-state index >= 15 is 0 Å². The highest BCUT2D eigenvalue weighted by atomic mass is 16.2. The molecular formula is C14H26N4O. The summed E-state index contributed by atoms with van der Waals surface area (Å²) in [6.07, 6.45) is 6.13. The molecule has 0 aromatic carbocycles. The minimum atomic E-state index is 0.138. The van der Waals surface area contributed by atoms with Gasteiger partial charge in [0, 0.05) is 38.8 Å². The van der Waals surface area contributed by atoms with Crippen molar-refractivity contribution in [3.8, 4) is 0 Å². The van der Waals surface area contributed by atoms with Gasteiger partial charge in [0.2, 0.25) is 5.91 Å². The van der Waals surface area contributed by atoms with Crippen molar-refractivity contribution in [1.82, 2.24) is 14.7 Å². The Morgan fingerprint density at radius 1 is 1.47 bits per heavy atom. The summed E-state index contributed by atoms with van der Waals surface area (Å²) >= 11 is 0. The molecule has 1 aromatic rings.